The predicted octanol–water partition coefficient (Wildman–Crippen LogP) is 2.98. The molecule has 0 saturated carbocycles. The number of aliphatic carboxylic acids is 1. The SMILES string of the molecule is O=C(CCc1nc2ccccc2n1-c1ccccc1)N1CCC(F)(C(=O)O)C1. The molecule has 144 valence electrons. The van der Waals surface area contributed by atoms with Gasteiger partial charge in [-0.25, -0.2) is 14.2 Å². The Labute approximate surface area is 161 Å². The number of hydrogen-bond acceptors (Lipinski definition) is 3. The van der Waals surface area contributed by atoms with E-state index in [-0.39, 0.29) is 25.3 Å². The fraction of sp³-hybridized carbons (Fsp3) is 0.286. The molecule has 0 aliphatic carbocycles. The number of carboxylic acid groups (broad SMARTS) is 1. The van der Waals surface area contributed by atoms with Crippen LogP contribution < -0.4 is 0 Å². The summed E-state index contributed by atoms with van der Waals surface area (Å²) in [5, 5.41) is 9.00. The molecule has 1 saturated heterocycles. The molecule has 3 aromatic rings. The molecule has 1 fully saturated rings. The van der Waals surface area contributed by atoms with Gasteiger partial charge in [-0.3, -0.25) is 9.36 Å². The maximum atomic E-state index is 14.2. The number of benzene rings is 2. The Morgan fingerprint density at radius 3 is 2.54 bits per heavy atom. The van der Waals surface area contributed by atoms with Crippen molar-refractivity contribution in [2.45, 2.75) is 24.9 Å². The Morgan fingerprint density at radius 2 is 1.82 bits per heavy atom. The van der Waals surface area contributed by atoms with Crippen LogP contribution in [0.25, 0.3) is 16.7 Å². The number of carboxylic acids is 1. The van der Waals surface area contributed by atoms with Gasteiger partial charge in [-0.05, 0) is 24.3 Å². The van der Waals surface area contributed by atoms with E-state index in [0.29, 0.717) is 6.42 Å². The van der Waals surface area contributed by atoms with Crippen LogP contribution in [0.1, 0.15) is 18.7 Å². The minimum absolute atomic E-state index is 0.122. The molecule has 6 nitrogen and oxygen atoms in total. The fourth-order valence-electron chi connectivity index (χ4n) is 3.65. The van der Waals surface area contributed by atoms with Crippen LogP contribution in [0, 0.1) is 0 Å². The predicted molar refractivity (Wildman–Crippen MR) is 102 cm³/mol. The number of halogens is 1. The van der Waals surface area contributed by atoms with E-state index in [1.54, 1.807) is 0 Å². The molecule has 2 heterocycles. The van der Waals surface area contributed by atoms with Crippen molar-refractivity contribution in [1.82, 2.24) is 14.5 Å². The van der Waals surface area contributed by atoms with E-state index in [2.05, 4.69) is 4.98 Å². The van der Waals surface area contributed by atoms with E-state index >= 15 is 0 Å². The van der Waals surface area contributed by atoms with E-state index in [9.17, 15) is 14.0 Å². The number of aromatic nitrogens is 2. The van der Waals surface area contributed by atoms with Crippen LogP contribution in [0.4, 0.5) is 4.39 Å². The summed E-state index contributed by atoms with van der Waals surface area (Å²) in [6.07, 6.45) is 0.355. The van der Waals surface area contributed by atoms with Crippen LogP contribution in [0.5, 0.6) is 0 Å². The van der Waals surface area contributed by atoms with Crippen LogP contribution in [0.15, 0.2) is 54.6 Å². The summed E-state index contributed by atoms with van der Waals surface area (Å²) in [6.45, 7) is -0.271. The first kappa shape index (κ1) is 18.2. The molecule has 7 heteroatoms. The fourth-order valence-corrected chi connectivity index (χ4v) is 3.65. The van der Waals surface area contributed by atoms with Crippen molar-refractivity contribution in [3.63, 3.8) is 0 Å². The van der Waals surface area contributed by atoms with E-state index in [4.69, 9.17) is 5.11 Å². The number of fused-ring (bicyclic) bond motifs is 1. The first-order chi connectivity index (χ1) is 13.5. The van der Waals surface area contributed by atoms with Gasteiger partial charge in [0, 0.05) is 31.5 Å². The standard InChI is InChI=1S/C21H20FN3O3/c22-21(20(27)28)12-13-24(14-21)19(26)11-10-18-23-16-8-4-5-9-17(16)25(18)15-6-2-1-3-7-15/h1-9H,10-14H2,(H,27,28). The normalized spacial score (nSPS) is 19.2. The summed E-state index contributed by atoms with van der Waals surface area (Å²) < 4.78 is 16.2. The highest BCUT2D eigenvalue weighted by molar-refractivity contribution is 5.83. The highest BCUT2D eigenvalue weighted by Crippen LogP contribution is 2.27. The van der Waals surface area contributed by atoms with Gasteiger partial charge in [-0.2, -0.15) is 0 Å². The monoisotopic (exact) mass is 381 g/mol. The molecule has 1 aliphatic heterocycles. The smallest absolute Gasteiger partial charge is 0.343 e. The molecule has 2 aromatic carbocycles. The van der Waals surface area contributed by atoms with Gasteiger partial charge in [-0.1, -0.05) is 30.3 Å². The Kier molecular flexibility index (Phi) is 4.58. The lowest BCUT2D eigenvalue weighted by Gasteiger charge is -2.18. The quantitative estimate of drug-likeness (QED) is 0.737. The second-order valence-corrected chi connectivity index (χ2v) is 7.02. The summed E-state index contributed by atoms with van der Waals surface area (Å²) in [4.78, 5) is 29.5. The largest absolute Gasteiger partial charge is 0.479 e. The van der Waals surface area contributed by atoms with Crippen molar-refractivity contribution >= 4 is 22.9 Å². The molecular formula is C21H20FN3O3. The highest BCUT2D eigenvalue weighted by atomic mass is 19.1. The van der Waals surface area contributed by atoms with Gasteiger partial charge in [0.05, 0.1) is 17.6 Å². The number of amides is 1. The molecule has 1 amide bonds. The van der Waals surface area contributed by atoms with Gasteiger partial charge in [0.2, 0.25) is 11.6 Å². The Morgan fingerprint density at radius 1 is 1.11 bits per heavy atom. The zero-order chi connectivity index (χ0) is 19.7. The van der Waals surface area contributed by atoms with Crippen LogP contribution in [0.2, 0.25) is 0 Å². The minimum Gasteiger partial charge on any atom is -0.479 e. The average molecular weight is 381 g/mol. The van der Waals surface area contributed by atoms with E-state index in [0.717, 1.165) is 22.5 Å². The maximum absolute atomic E-state index is 14.2. The number of carbonyl (C=O) groups is 2. The summed E-state index contributed by atoms with van der Waals surface area (Å²) in [7, 11) is 0. The Hall–Kier alpha value is -3.22. The molecule has 0 spiro atoms. The lowest BCUT2D eigenvalue weighted by Crippen LogP contribution is -2.39. The summed E-state index contributed by atoms with van der Waals surface area (Å²) in [5.74, 6) is -1.02. The minimum atomic E-state index is -2.34. The van der Waals surface area contributed by atoms with Gasteiger partial charge < -0.3 is 10.0 Å². The second kappa shape index (κ2) is 7.07. The molecule has 1 unspecified atom stereocenters. The first-order valence-electron chi connectivity index (χ1n) is 9.20. The number of alkyl halides is 1. The number of rotatable bonds is 5. The topological polar surface area (TPSA) is 75.4 Å². The van der Waals surface area contributed by atoms with Crippen molar-refractivity contribution in [1.29, 1.82) is 0 Å². The zero-order valence-corrected chi connectivity index (χ0v) is 15.2. The molecule has 1 N–H and O–H groups in total. The number of hydrogen-bond donors (Lipinski definition) is 1. The summed E-state index contributed by atoms with van der Waals surface area (Å²) in [5.41, 5.74) is 0.399. The molecule has 0 radical (unpaired) electrons. The number of nitrogens with zero attached hydrogens (tertiary/aromatic N) is 3. The van der Waals surface area contributed by atoms with Crippen molar-refractivity contribution in [2.24, 2.45) is 0 Å². The third kappa shape index (κ3) is 3.24. The van der Waals surface area contributed by atoms with E-state index in [1.807, 2.05) is 59.2 Å². The number of imidazole rings is 1. The molecule has 4 rings (SSSR count). The molecule has 0 bridgehead atoms. The maximum Gasteiger partial charge on any atom is 0.343 e. The van der Waals surface area contributed by atoms with Crippen LogP contribution in [-0.2, 0) is 16.0 Å². The average Bonchev–Trinajstić information content (AvgIpc) is 3.28. The zero-order valence-electron chi connectivity index (χ0n) is 15.2. The number of likely N-dealkylation sites (tertiary alicyclic amines) is 1. The Bertz CT molecular complexity index is 1030. The van der Waals surface area contributed by atoms with Gasteiger partial charge in [0.25, 0.3) is 0 Å². The van der Waals surface area contributed by atoms with Gasteiger partial charge in [0.15, 0.2) is 0 Å². The third-order valence-corrected chi connectivity index (χ3v) is 5.16. The third-order valence-electron chi connectivity index (χ3n) is 5.16. The van der Waals surface area contributed by atoms with Crippen molar-refractivity contribution in [2.75, 3.05) is 13.1 Å². The van der Waals surface area contributed by atoms with Crippen molar-refractivity contribution < 1.29 is 19.1 Å². The van der Waals surface area contributed by atoms with Crippen molar-refractivity contribution in [3.8, 4) is 5.69 Å². The van der Waals surface area contributed by atoms with Gasteiger partial charge in [-0.15, -0.1) is 0 Å². The molecule has 28 heavy (non-hydrogen) atoms. The number of aryl methyl sites for hydroxylation is 1. The van der Waals surface area contributed by atoms with Crippen molar-refractivity contribution in [3.05, 3.63) is 60.4 Å². The first-order valence-corrected chi connectivity index (χ1v) is 9.20. The molecular weight excluding hydrogens is 361 g/mol. The number of para-hydroxylation sites is 3. The molecule has 1 aromatic heterocycles. The van der Waals surface area contributed by atoms with Crippen LogP contribution in [0.3, 0.4) is 0 Å². The van der Waals surface area contributed by atoms with Crippen LogP contribution >= 0.6 is 0 Å². The van der Waals surface area contributed by atoms with Gasteiger partial charge in [0.1, 0.15) is 5.82 Å². The lowest BCUT2D eigenvalue weighted by molar-refractivity contribution is -0.150. The lowest BCUT2D eigenvalue weighted by atomic mass is 10.1. The number of carbonyl (C=O) groups excluding carboxylic acids is 1. The van der Waals surface area contributed by atoms with Crippen LogP contribution in [-0.4, -0.2) is 50.2 Å². The molecule has 1 atom stereocenters. The second-order valence-electron chi connectivity index (χ2n) is 7.02. The molecule has 1 aliphatic rings. The van der Waals surface area contributed by atoms with E-state index in [1.165, 1.54) is 4.90 Å². The Balaban J connectivity index is 1.56. The highest BCUT2D eigenvalue weighted by Gasteiger charge is 2.46. The summed E-state index contributed by atoms with van der Waals surface area (Å²) in [6, 6.07) is 17.5. The summed E-state index contributed by atoms with van der Waals surface area (Å²) >= 11 is 0. The van der Waals surface area contributed by atoms with Gasteiger partial charge >= 0.3 is 5.97 Å². The van der Waals surface area contributed by atoms with E-state index < -0.39 is 18.2 Å².